The minimum Gasteiger partial charge on any atom is -0.341 e. The van der Waals surface area contributed by atoms with Crippen LogP contribution in [0.4, 0.5) is 0 Å². The Morgan fingerprint density at radius 1 is 1.07 bits per heavy atom. The zero-order valence-corrected chi connectivity index (χ0v) is 16.3. The number of pyridine rings is 1. The molecule has 1 atom stereocenters. The first-order valence-electron chi connectivity index (χ1n) is 10.0. The van der Waals surface area contributed by atoms with Gasteiger partial charge in [-0.25, -0.2) is 4.98 Å². The van der Waals surface area contributed by atoms with E-state index < -0.39 is 0 Å². The Hall–Kier alpha value is -2.54. The van der Waals surface area contributed by atoms with E-state index in [1.54, 1.807) is 29.4 Å². The molecule has 4 heterocycles. The van der Waals surface area contributed by atoms with Crippen LogP contribution in [0, 0.1) is 5.92 Å². The molecule has 2 aliphatic rings. The summed E-state index contributed by atoms with van der Waals surface area (Å²) in [6.45, 7) is 3.75. The second kappa shape index (κ2) is 8.22. The average molecular weight is 381 g/mol. The maximum atomic E-state index is 12.5. The van der Waals surface area contributed by atoms with E-state index in [0.717, 1.165) is 51.0 Å². The molecule has 1 unspecified atom stereocenters. The maximum Gasteiger partial charge on any atom is 0.253 e. The van der Waals surface area contributed by atoms with Crippen LogP contribution >= 0.6 is 0 Å². The lowest BCUT2D eigenvalue weighted by atomic mass is 9.96. The number of nitrogens with zero attached hydrogens (tertiary/aromatic N) is 5. The summed E-state index contributed by atoms with van der Waals surface area (Å²) in [5.74, 6) is 0.757. The molecule has 0 spiro atoms. The first-order valence-corrected chi connectivity index (χ1v) is 10.0. The Balaban J connectivity index is 1.31. The molecule has 0 saturated carbocycles. The van der Waals surface area contributed by atoms with E-state index in [1.807, 2.05) is 24.1 Å². The molecule has 1 amide bonds. The largest absolute Gasteiger partial charge is 0.341 e. The van der Waals surface area contributed by atoms with Crippen molar-refractivity contribution in [3.63, 3.8) is 0 Å². The average Bonchev–Trinajstić information content (AvgIpc) is 3.03. The van der Waals surface area contributed by atoms with Gasteiger partial charge in [0, 0.05) is 56.6 Å². The van der Waals surface area contributed by atoms with Crippen LogP contribution in [-0.2, 0) is 11.3 Å². The van der Waals surface area contributed by atoms with E-state index >= 15 is 0 Å². The molecular formula is C21H27N5O2. The highest BCUT2D eigenvalue weighted by Crippen LogP contribution is 2.23. The van der Waals surface area contributed by atoms with Crippen molar-refractivity contribution in [2.45, 2.75) is 38.3 Å². The first kappa shape index (κ1) is 18.8. The standard InChI is InChI=1S/C21H27N5O2/c1-24-18(2-3-20(24)27)14-25-10-6-16(7-11-25)13-26-15-23-19(12-21(26)28)17-4-8-22-9-5-17/h4-5,8-9,12,15-16,18H,2-3,6-7,10-11,13-14H2,1H3. The third kappa shape index (κ3) is 4.14. The summed E-state index contributed by atoms with van der Waals surface area (Å²) in [7, 11) is 1.92. The van der Waals surface area contributed by atoms with Gasteiger partial charge in [-0.15, -0.1) is 0 Å². The maximum absolute atomic E-state index is 12.5. The van der Waals surface area contributed by atoms with E-state index in [1.165, 1.54) is 0 Å². The Bertz CT molecular complexity index is 874. The molecule has 7 nitrogen and oxygen atoms in total. The van der Waals surface area contributed by atoms with E-state index in [0.29, 0.717) is 24.1 Å². The number of amides is 1. The quantitative estimate of drug-likeness (QED) is 0.787. The van der Waals surface area contributed by atoms with Crippen molar-refractivity contribution >= 4 is 5.91 Å². The van der Waals surface area contributed by atoms with Gasteiger partial charge in [-0.3, -0.25) is 19.1 Å². The molecule has 0 radical (unpaired) electrons. The fourth-order valence-corrected chi connectivity index (χ4v) is 4.25. The number of likely N-dealkylation sites (N-methyl/N-ethyl adjacent to an activating group) is 1. The molecule has 0 bridgehead atoms. The predicted octanol–water partition coefficient (Wildman–Crippen LogP) is 1.64. The Kier molecular flexibility index (Phi) is 5.52. The number of piperidine rings is 1. The van der Waals surface area contributed by atoms with Crippen LogP contribution in [0.5, 0.6) is 0 Å². The van der Waals surface area contributed by atoms with E-state index in [9.17, 15) is 9.59 Å². The fraction of sp³-hybridized carbons (Fsp3) is 0.524. The Morgan fingerprint density at radius 2 is 1.82 bits per heavy atom. The smallest absolute Gasteiger partial charge is 0.253 e. The van der Waals surface area contributed by atoms with E-state index in [-0.39, 0.29) is 11.5 Å². The summed E-state index contributed by atoms with van der Waals surface area (Å²) in [6, 6.07) is 5.68. The van der Waals surface area contributed by atoms with E-state index in [4.69, 9.17) is 0 Å². The molecule has 4 rings (SSSR count). The monoisotopic (exact) mass is 381 g/mol. The molecule has 7 heteroatoms. The molecule has 2 fully saturated rings. The second-order valence-corrected chi connectivity index (χ2v) is 7.94. The van der Waals surface area contributed by atoms with Crippen molar-refractivity contribution in [3.8, 4) is 11.3 Å². The summed E-state index contributed by atoms with van der Waals surface area (Å²) in [5, 5.41) is 0. The van der Waals surface area contributed by atoms with Gasteiger partial charge in [0.2, 0.25) is 5.91 Å². The van der Waals surface area contributed by atoms with Crippen LogP contribution in [0.25, 0.3) is 11.3 Å². The summed E-state index contributed by atoms with van der Waals surface area (Å²) in [6.07, 6.45) is 8.88. The molecule has 28 heavy (non-hydrogen) atoms. The minimum absolute atomic E-state index is 0.00432. The molecule has 2 aromatic rings. The SMILES string of the molecule is CN1C(=O)CCC1CN1CCC(Cn2cnc(-c3ccncc3)cc2=O)CC1. The Morgan fingerprint density at radius 3 is 2.46 bits per heavy atom. The molecule has 148 valence electrons. The molecule has 2 aliphatic heterocycles. The zero-order chi connectivity index (χ0) is 19.5. The van der Waals surface area contributed by atoms with Gasteiger partial charge in [-0.1, -0.05) is 0 Å². The van der Waals surface area contributed by atoms with Gasteiger partial charge in [0.1, 0.15) is 0 Å². The van der Waals surface area contributed by atoms with Crippen molar-refractivity contribution in [1.82, 2.24) is 24.3 Å². The molecule has 0 N–H and O–H groups in total. The normalized spacial score (nSPS) is 21.4. The predicted molar refractivity (Wildman–Crippen MR) is 107 cm³/mol. The number of hydrogen-bond acceptors (Lipinski definition) is 5. The molecule has 2 aromatic heterocycles. The number of likely N-dealkylation sites (tertiary alicyclic amines) is 2. The first-order chi connectivity index (χ1) is 13.6. The topological polar surface area (TPSA) is 71.3 Å². The summed E-state index contributed by atoms with van der Waals surface area (Å²) in [5.41, 5.74) is 1.59. The van der Waals surface area contributed by atoms with Crippen molar-refractivity contribution in [2.24, 2.45) is 5.92 Å². The number of carbonyl (C=O) groups excluding carboxylic acids is 1. The zero-order valence-electron chi connectivity index (χ0n) is 16.3. The van der Waals surface area contributed by atoms with Crippen LogP contribution in [0.15, 0.2) is 41.7 Å². The van der Waals surface area contributed by atoms with Gasteiger partial charge >= 0.3 is 0 Å². The summed E-state index contributed by atoms with van der Waals surface area (Å²) >= 11 is 0. The highest BCUT2D eigenvalue weighted by atomic mass is 16.2. The van der Waals surface area contributed by atoms with Crippen molar-refractivity contribution in [2.75, 3.05) is 26.7 Å². The molecule has 0 aliphatic carbocycles. The van der Waals surface area contributed by atoms with Crippen LogP contribution in [0.2, 0.25) is 0 Å². The highest BCUT2D eigenvalue weighted by molar-refractivity contribution is 5.78. The number of rotatable bonds is 5. The van der Waals surface area contributed by atoms with Crippen LogP contribution in [0.1, 0.15) is 25.7 Å². The van der Waals surface area contributed by atoms with Crippen molar-refractivity contribution in [1.29, 1.82) is 0 Å². The van der Waals surface area contributed by atoms with Gasteiger partial charge in [-0.2, -0.15) is 0 Å². The van der Waals surface area contributed by atoms with Gasteiger partial charge in [0.25, 0.3) is 5.56 Å². The van der Waals surface area contributed by atoms with Gasteiger partial charge in [0.15, 0.2) is 0 Å². The van der Waals surface area contributed by atoms with Gasteiger partial charge in [-0.05, 0) is 50.4 Å². The Labute approximate surface area is 165 Å². The van der Waals surface area contributed by atoms with Crippen LogP contribution in [0.3, 0.4) is 0 Å². The van der Waals surface area contributed by atoms with Crippen molar-refractivity contribution in [3.05, 3.63) is 47.3 Å². The fourth-order valence-electron chi connectivity index (χ4n) is 4.25. The van der Waals surface area contributed by atoms with Gasteiger partial charge in [0.05, 0.1) is 12.0 Å². The lowest BCUT2D eigenvalue weighted by Gasteiger charge is -2.35. The summed E-state index contributed by atoms with van der Waals surface area (Å²) < 4.78 is 1.73. The highest BCUT2D eigenvalue weighted by Gasteiger charge is 2.30. The minimum atomic E-state index is -0.00432. The molecule has 2 saturated heterocycles. The number of carbonyl (C=O) groups is 1. The summed E-state index contributed by atoms with van der Waals surface area (Å²) in [4.78, 5) is 37.0. The van der Waals surface area contributed by atoms with Crippen molar-refractivity contribution < 1.29 is 4.79 Å². The van der Waals surface area contributed by atoms with Crippen LogP contribution < -0.4 is 5.56 Å². The third-order valence-electron chi connectivity index (χ3n) is 6.12. The number of aromatic nitrogens is 3. The number of hydrogen-bond donors (Lipinski definition) is 0. The molecular weight excluding hydrogens is 354 g/mol. The third-order valence-corrected chi connectivity index (χ3v) is 6.12. The molecule has 0 aromatic carbocycles. The lowest BCUT2D eigenvalue weighted by molar-refractivity contribution is -0.127. The van der Waals surface area contributed by atoms with Crippen LogP contribution in [-0.4, -0.2) is 63.0 Å². The second-order valence-electron chi connectivity index (χ2n) is 7.94. The van der Waals surface area contributed by atoms with Gasteiger partial charge < -0.3 is 9.80 Å². The lowest BCUT2D eigenvalue weighted by Crippen LogP contribution is -2.44. The van der Waals surface area contributed by atoms with E-state index in [2.05, 4.69) is 14.9 Å².